The van der Waals surface area contributed by atoms with Crippen molar-refractivity contribution < 1.29 is 4.42 Å². The molecule has 0 bridgehead atoms. The Morgan fingerprint density at radius 3 is 2.43 bits per heavy atom. The van der Waals surface area contributed by atoms with Gasteiger partial charge in [0.05, 0.1) is 11.1 Å². The third-order valence-corrected chi connectivity index (χ3v) is 6.73. The van der Waals surface area contributed by atoms with Crippen molar-refractivity contribution in [2.45, 2.75) is 39.5 Å². The first-order valence-electron chi connectivity index (χ1n) is 10.8. The molecule has 3 aromatic carbocycles. The molecule has 2 heterocycles. The zero-order valence-electron chi connectivity index (χ0n) is 17.9. The Kier molecular flexibility index (Phi) is 3.51. The van der Waals surface area contributed by atoms with Crippen LogP contribution in [-0.2, 0) is 11.8 Å². The average molecular weight is 392 g/mol. The third kappa shape index (κ3) is 2.28. The summed E-state index contributed by atoms with van der Waals surface area (Å²) in [5, 5.41) is 4.93. The summed E-state index contributed by atoms with van der Waals surface area (Å²) in [6.45, 7) is 9.20. The topological polar surface area (TPSA) is 26.0 Å². The molecule has 0 radical (unpaired) electrons. The molecule has 0 spiro atoms. The van der Waals surface area contributed by atoms with E-state index in [1.165, 1.54) is 38.4 Å². The van der Waals surface area contributed by atoms with Gasteiger partial charge in [0.25, 0.3) is 0 Å². The molecule has 0 atom stereocenters. The molecule has 1 aliphatic carbocycles. The van der Waals surface area contributed by atoms with Crippen LogP contribution in [0.5, 0.6) is 0 Å². The van der Waals surface area contributed by atoms with Crippen LogP contribution in [0, 0.1) is 5.92 Å². The molecule has 0 unspecified atom stereocenters. The minimum Gasteiger partial charge on any atom is -0.456 e. The lowest BCUT2D eigenvalue weighted by molar-refractivity contribution is 0.618. The van der Waals surface area contributed by atoms with E-state index < -0.39 is 0 Å². The number of hydrogen-bond acceptors (Lipinski definition) is 2. The molecule has 6 rings (SSSR count). The summed E-state index contributed by atoms with van der Waals surface area (Å²) in [4.78, 5) is 4.90. The fourth-order valence-corrected chi connectivity index (χ4v) is 5.30. The number of rotatable bonds is 2. The van der Waals surface area contributed by atoms with E-state index in [2.05, 4.69) is 76.2 Å². The molecule has 148 valence electrons. The molecule has 0 saturated carbocycles. The zero-order valence-corrected chi connectivity index (χ0v) is 17.9. The van der Waals surface area contributed by atoms with E-state index in [-0.39, 0.29) is 5.41 Å². The number of aromatic nitrogens is 1. The average Bonchev–Trinajstić information content (AvgIpc) is 3.09. The van der Waals surface area contributed by atoms with Crippen LogP contribution in [0.2, 0.25) is 0 Å². The number of benzene rings is 3. The number of nitrogens with zero attached hydrogens (tertiary/aromatic N) is 1. The first-order valence-corrected chi connectivity index (χ1v) is 10.8. The molecule has 2 nitrogen and oxygen atoms in total. The van der Waals surface area contributed by atoms with Crippen molar-refractivity contribution in [2.24, 2.45) is 5.92 Å². The highest BCUT2D eigenvalue weighted by Crippen LogP contribution is 2.50. The van der Waals surface area contributed by atoms with Crippen LogP contribution in [0.1, 0.15) is 44.4 Å². The van der Waals surface area contributed by atoms with Crippen LogP contribution >= 0.6 is 0 Å². The van der Waals surface area contributed by atoms with E-state index in [1.807, 2.05) is 12.3 Å². The highest BCUT2D eigenvalue weighted by atomic mass is 16.3. The quantitative estimate of drug-likeness (QED) is 0.309. The summed E-state index contributed by atoms with van der Waals surface area (Å²) in [6.07, 6.45) is 2.90. The maximum atomic E-state index is 6.50. The fraction of sp³-hybridized carbons (Fsp3) is 0.250. The van der Waals surface area contributed by atoms with Gasteiger partial charge in [0.1, 0.15) is 11.2 Å². The van der Waals surface area contributed by atoms with Crippen molar-refractivity contribution >= 4 is 32.7 Å². The van der Waals surface area contributed by atoms with Crippen LogP contribution in [0.3, 0.4) is 0 Å². The van der Waals surface area contributed by atoms with E-state index in [0.29, 0.717) is 5.92 Å². The summed E-state index contributed by atoms with van der Waals surface area (Å²) in [5.74, 6) is 0.575. The summed E-state index contributed by atoms with van der Waals surface area (Å²) in [5.41, 5.74) is 8.01. The Morgan fingerprint density at radius 1 is 0.900 bits per heavy atom. The smallest absolute Gasteiger partial charge is 0.139 e. The van der Waals surface area contributed by atoms with Gasteiger partial charge in [0.15, 0.2) is 0 Å². The second-order valence-corrected chi connectivity index (χ2v) is 9.58. The molecule has 30 heavy (non-hydrogen) atoms. The molecule has 0 N–H and O–H groups in total. The lowest BCUT2D eigenvalue weighted by atomic mass is 9.75. The normalized spacial score (nSPS) is 14.7. The largest absolute Gasteiger partial charge is 0.456 e. The lowest BCUT2D eigenvalue weighted by Gasteiger charge is -2.28. The molecular weight excluding hydrogens is 366 g/mol. The van der Waals surface area contributed by atoms with Gasteiger partial charge in [0, 0.05) is 22.6 Å². The minimum atomic E-state index is -0.161. The highest BCUT2D eigenvalue weighted by molar-refractivity contribution is 6.16. The molecule has 1 aliphatic rings. The predicted octanol–water partition coefficient (Wildman–Crippen LogP) is 7.64. The third-order valence-electron chi connectivity index (χ3n) is 6.73. The Labute approximate surface area is 176 Å². The van der Waals surface area contributed by atoms with E-state index in [0.717, 1.165) is 28.7 Å². The van der Waals surface area contributed by atoms with Gasteiger partial charge in [-0.15, -0.1) is 0 Å². The van der Waals surface area contributed by atoms with E-state index >= 15 is 0 Å². The van der Waals surface area contributed by atoms with Gasteiger partial charge in [-0.2, -0.15) is 0 Å². The van der Waals surface area contributed by atoms with E-state index in [4.69, 9.17) is 9.40 Å². The second kappa shape index (κ2) is 5.95. The first kappa shape index (κ1) is 17.7. The predicted molar refractivity (Wildman–Crippen MR) is 125 cm³/mol. The van der Waals surface area contributed by atoms with Crippen LogP contribution in [0.25, 0.3) is 44.0 Å². The molecule has 0 aliphatic heterocycles. The summed E-state index contributed by atoms with van der Waals surface area (Å²) in [7, 11) is 0. The Balaban J connectivity index is 1.82. The molecule has 0 saturated heterocycles. The van der Waals surface area contributed by atoms with Crippen molar-refractivity contribution in [3.05, 3.63) is 77.5 Å². The minimum absolute atomic E-state index is 0.161. The molecule has 0 amide bonds. The number of pyridine rings is 1. The van der Waals surface area contributed by atoms with Gasteiger partial charge >= 0.3 is 0 Å². The van der Waals surface area contributed by atoms with Gasteiger partial charge in [-0.3, -0.25) is 4.98 Å². The van der Waals surface area contributed by atoms with Crippen molar-refractivity contribution in [3.63, 3.8) is 0 Å². The highest BCUT2D eigenvalue weighted by Gasteiger charge is 2.35. The molecule has 2 heteroatoms. The summed E-state index contributed by atoms with van der Waals surface area (Å²) < 4.78 is 6.50. The Hall–Kier alpha value is -3.13. The SMILES string of the molecule is CC(C)Cc1ccc2c3c1oc1ccnc(c13)-c1cc3ccccc3cc1C2(C)C. The van der Waals surface area contributed by atoms with Gasteiger partial charge in [-0.1, -0.05) is 64.1 Å². The zero-order chi connectivity index (χ0) is 20.6. The van der Waals surface area contributed by atoms with Gasteiger partial charge in [0.2, 0.25) is 0 Å². The Bertz CT molecular complexity index is 1470. The molecule has 2 aromatic heterocycles. The van der Waals surface area contributed by atoms with Crippen molar-refractivity contribution in [2.75, 3.05) is 0 Å². The number of fused-ring (bicyclic) bond motifs is 3. The van der Waals surface area contributed by atoms with Gasteiger partial charge < -0.3 is 4.42 Å². The van der Waals surface area contributed by atoms with Gasteiger partial charge in [-0.25, -0.2) is 0 Å². The first-order chi connectivity index (χ1) is 14.4. The maximum absolute atomic E-state index is 6.50. The van der Waals surface area contributed by atoms with Crippen molar-refractivity contribution in [3.8, 4) is 11.3 Å². The summed E-state index contributed by atoms with van der Waals surface area (Å²) in [6, 6.07) is 19.9. The van der Waals surface area contributed by atoms with Crippen molar-refractivity contribution in [1.29, 1.82) is 0 Å². The monoisotopic (exact) mass is 391 g/mol. The standard InChI is InChI=1S/C28H25NO/c1-16(2)13-19-9-10-21-24-25-23(30-27(19)24)11-12-29-26(25)20-14-17-7-5-6-8-18(17)15-22(20)28(21,3)4/h5-12,14-16H,13H2,1-4H3. The van der Waals surface area contributed by atoms with Crippen LogP contribution in [-0.4, -0.2) is 4.98 Å². The summed E-state index contributed by atoms with van der Waals surface area (Å²) >= 11 is 0. The van der Waals surface area contributed by atoms with E-state index in [9.17, 15) is 0 Å². The van der Waals surface area contributed by atoms with Crippen LogP contribution in [0.15, 0.2) is 65.2 Å². The molecule has 0 fully saturated rings. The lowest BCUT2D eigenvalue weighted by Crippen LogP contribution is -2.20. The number of furan rings is 1. The Morgan fingerprint density at radius 2 is 1.67 bits per heavy atom. The second-order valence-electron chi connectivity index (χ2n) is 9.58. The maximum Gasteiger partial charge on any atom is 0.139 e. The molecule has 5 aromatic rings. The molecular formula is C28H25NO. The van der Waals surface area contributed by atoms with Crippen LogP contribution in [0.4, 0.5) is 0 Å². The number of hydrogen-bond donors (Lipinski definition) is 0. The van der Waals surface area contributed by atoms with Crippen LogP contribution < -0.4 is 0 Å². The van der Waals surface area contributed by atoms with Crippen molar-refractivity contribution in [1.82, 2.24) is 4.98 Å². The van der Waals surface area contributed by atoms with E-state index in [1.54, 1.807) is 0 Å². The fourth-order valence-electron chi connectivity index (χ4n) is 5.30. The van der Waals surface area contributed by atoms with Gasteiger partial charge in [-0.05, 0) is 58.0 Å².